The second kappa shape index (κ2) is 10.1. The summed E-state index contributed by atoms with van der Waals surface area (Å²) >= 11 is 1.39. The van der Waals surface area contributed by atoms with Crippen molar-refractivity contribution in [2.75, 3.05) is 19.5 Å². The minimum absolute atomic E-state index is 0.0667. The van der Waals surface area contributed by atoms with Crippen LogP contribution in [0.15, 0.2) is 66.1 Å². The summed E-state index contributed by atoms with van der Waals surface area (Å²) in [6, 6.07) is 15.9. The minimum Gasteiger partial charge on any atom is -0.383 e. The zero-order valence-electron chi connectivity index (χ0n) is 19.2. The second-order valence-electron chi connectivity index (χ2n) is 7.88. The van der Waals surface area contributed by atoms with Crippen molar-refractivity contribution >= 4 is 17.5 Å². The summed E-state index contributed by atoms with van der Waals surface area (Å²) in [7, 11) is 1.69. The highest BCUT2D eigenvalue weighted by Gasteiger charge is 2.21. The molecule has 1 aromatic carbocycles. The molecular formula is C25H27N5O2S. The van der Waals surface area contributed by atoms with Crippen LogP contribution in [0.3, 0.4) is 0 Å². The van der Waals surface area contributed by atoms with Crippen LogP contribution in [0.2, 0.25) is 0 Å². The topological polar surface area (TPSA) is 74.8 Å². The number of Topliss-reactive ketones (excluding diaryl/α,β-unsaturated/α-hetero) is 1. The third kappa shape index (κ3) is 4.77. The first-order valence-corrected chi connectivity index (χ1v) is 11.7. The molecule has 0 aliphatic rings. The number of aryl methyl sites for hydroxylation is 1. The normalized spacial score (nSPS) is 12.1. The van der Waals surface area contributed by atoms with Gasteiger partial charge >= 0.3 is 0 Å². The van der Waals surface area contributed by atoms with E-state index >= 15 is 0 Å². The van der Waals surface area contributed by atoms with Gasteiger partial charge < -0.3 is 9.30 Å². The van der Waals surface area contributed by atoms with Crippen molar-refractivity contribution in [2.45, 2.75) is 32.0 Å². The highest BCUT2D eigenvalue weighted by Crippen LogP contribution is 2.29. The van der Waals surface area contributed by atoms with E-state index in [-0.39, 0.29) is 17.6 Å². The number of hydrogen-bond donors (Lipinski definition) is 0. The number of carbonyl (C=O) groups is 1. The Bertz CT molecular complexity index is 1230. The monoisotopic (exact) mass is 461 g/mol. The largest absolute Gasteiger partial charge is 0.383 e. The number of carbonyl (C=O) groups excluding carboxylic acids is 1. The quantitative estimate of drug-likeness (QED) is 0.260. The molecule has 0 spiro atoms. The van der Waals surface area contributed by atoms with Crippen LogP contribution < -0.4 is 0 Å². The summed E-state index contributed by atoms with van der Waals surface area (Å²) in [6.45, 7) is 6.70. The van der Waals surface area contributed by atoms with Gasteiger partial charge in [-0.2, -0.15) is 0 Å². The van der Waals surface area contributed by atoms with Crippen molar-refractivity contribution in [2.24, 2.45) is 0 Å². The van der Waals surface area contributed by atoms with Crippen LogP contribution in [-0.2, 0) is 4.74 Å². The molecule has 170 valence electrons. The molecule has 1 unspecified atom stereocenters. The summed E-state index contributed by atoms with van der Waals surface area (Å²) in [6.07, 6.45) is 3.46. The predicted octanol–water partition coefficient (Wildman–Crippen LogP) is 4.93. The van der Waals surface area contributed by atoms with Crippen LogP contribution in [0.4, 0.5) is 0 Å². The molecule has 8 heteroatoms. The van der Waals surface area contributed by atoms with Crippen LogP contribution in [0, 0.1) is 13.8 Å². The Labute approximate surface area is 197 Å². The van der Waals surface area contributed by atoms with E-state index in [9.17, 15) is 4.79 Å². The fourth-order valence-corrected chi connectivity index (χ4v) is 4.96. The van der Waals surface area contributed by atoms with E-state index in [1.54, 1.807) is 19.5 Å². The molecule has 4 aromatic rings. The SMILES string of the molecule is COCC(C)n1c(C)cc(C(=O)CSc2nnc(-c3ccncc3)n2-c2ccccc2)c1C. The van der Waals surface area contributed by atoms with Gasteiger partial charge in [-0.15, -0.1) is 10.2 Å². The molecule has 0 aliphatic heterocycles. The van der Waals surface area contributed by atoms with Gasteiger partial charge in [-0.1, -0.05) is 30.0 Å². The van der Waals surface area contributed by atoms with Crippen molar-refractivity contribution in [3.63, 3.8) is 0 Å². The molecule has 33 heavy (non-hydrogen) atoms. The zero-order chi connectivity index (χ0) is 23.4. The number of ether oxygens (including phenoxy) is 1. The average molecular weight is 462 g/mol. The summed E-state index contributed by atoms with van der Waals surface area (Å²) < 4.78 is 9.45. The predicted molar refractivity (Wildman–Crippen MR) is 130 cm³/mol. The van der Waals surface area contributed by atoms with Crippen molar-refractivity contribution in [1.29, 1.82) is 0 Å². The van der Waals surface area contributed by atoms with E-state index in [4.69, 9.17) is 4.74 Å². The maximum absolute atomic E-state index is 13.2. The number of hydrogen-bond acceptors (Lipinski definition) is 6. The number of para-hydroxylation sites is 1. The standard InChI is InChI=1S/C25H27N5O2S/c1-17-14-22(19(3)29(17)18(2)15-32-4)23(31)16-33-25-28-27-24(20-10-12-26-13-11-20)30(25)21-8-6-5-7-9-21/h5-14,18H,15-16H2,1-4H3. The minimum atomic E-state index is 0.0667. The van der Waals surface area contributed by atoms with Gasteiger partial charge in [-0.25, -0.2) is 0 Å². The first kappa shape index (κ1) is 22.9. The molecule has 0 radical (unpaired) electrons. The van der Waals surface area contributed by atoms with Gasteiger partial charge in [0.2, 0.25) is 0 Å². The van der Waals surface area contributed by atoms with Gasteiger partial charge in [0.1, 0.15) is 0 Å². The lowest BCUT2D eigenvalue weighted by atomic mass is 10.2. The summed E-state index contributed by atoms with van der Waals surface area (Å²) in [5.41, 5.74) is 4.61. The third-order valence-electron chi connectivity index (χ3n) is 5.55. The maximum Gasteiger partial charge on any atom is 0.196 e. The van der Waals surface area contributed by atoms with Gasteiger partial charge in [0, 0.05) is 47.7 Å². The zero-order valence-corrected chi connectivity index (χ0v) is 20.0. The molecular weight excluding hydrogens is 434 g/mol. The highest BCUT2D eigenvalue weighted by molar-refractivity contribution is 7.99. The average Bonchev–Trinajstić information content (AvgIpc) is 3.39. The molecule has 3 heterocycles. The third-order valence-corrected chi connectivity index (χ3v) is 6.48. The number of thioether (sulfide) groups is 1. The molecule has 3 aromatic heterocycles. The van der Waals surface area contributed by atoms with Crippen LogP contribution >= 0.6 is 11.8 Å². The van der Waals surface area contributed by atoms with Gasteiger partial charge in [0.15, 0.2) is 16.8 Å². The van der Waals surface area contributed by atoms with Gasteiger partial charge in [0.05, 0.1) is 18.4 Å². The lowest BCUT2D eigenvalue weighted by molar-refractivity contribution is 0.102. The second-order valence-corrected chi connectivity index (χ2v) is 8.83. The number of methoxy groups -OCH3 is 1. The number of benzene rings is 1. The number of aromatic nitrogens is 5. The molecule has 0 amide bonds. The van der Waals surface area contributed by atoms with Crippen LogP contribution in [0.5, 0.6) is 0 Å². The number of ketones is 1. The van der Waals surface area contributed by atoms with E-state index in [2.05, 4.69) is 26.7 Å². The molecule has 4 rings (SSSR count). The number of rotatable bonds is 9. The molecule has 0 aliphatic carbocycles. The van der Waals surface area contributed by atoms with E-state index in [0.29, 0.717) is 17.6 Å². The Morgan fingerprint density at radius 2 is 1.82 bits per heavy atom. The summed E-state index contributed by atoms with van der Waals surface area (Å²) in [5.74, 6) is 1.05. The van der Waals surface area contributed by atoms with Crippen LogP contribution in [-0.4, -0.2) is 49.6 Å². The van der Waals surface area contributed by atoms with Gasteiger partial charge in [0.25, 0.3) is 0 Å². The first-order chi connectivity index (χ1) is 16.0. The summed E-state index contributed by atoms with van der Waals surface area (Å²) in [5, 5.41) is 9.51. The first-order valence-electron chi connectivity index (χ1n) is 10.8. The number of nitrogens with zero attached hydrogens (tertiary/aromatic N) is 5. The highest BCUT2D eigenvalue weighted by atomic mass is 32.2. The molecule has 0 saturated carbocycles. The molecule has 0 bridgehead atoms. The van der Waals surface area contributed by atoms with E-state index in [0.717, 1.165) is 28.2 Å². The maximum atomic E-state index is 13.2. The lowest BCUT2D eigenvalue weighted by Gasteiger charge is -2.17. The molecule has 7 nitrogen and oxygen atoms in total. The van der Waals surface area contributed by atoms with E-state index in [1.807, 2.05) is 66.9 Å². The fraction of sp³-hybridized carbons (Fsp3) is 0.280. The smallest absolute Gasteiger partial charge is 0.196 e. The van der Waals surface area contributed by atoms with Crippen molar-refractivity contribution in [1.82, 2.24) is 24.3 Å². The Morgan fingerprint density at radius 1 is 1.09 bits per heavy atom. The lowest BCUT2D eigenvalue weighted by Crippen LogP contribution is -2.14. The Morgan fingerprint density at radius 3 is 2.52 bits per heavy atom. The van der Waals surface area contributed by atoms with E-state index in [1.165, 1.54) is 11.8 Å². The van der Waals surface area contributed by atoms with Gasteiger partial charge in [-0.3, -0.25) is 14.3 Å². The molecule has 0 fully saturated rings. The van der Waals surface area contributed by atoms with Crippen molar-refractivity contribution in [3.8, 4) is 17.1 Å². The summed E-state index contributed by atoms with van der Waals surface area (Å²) in [4.78, 5) is 17.3. The Kier molecular flexibility index (Phi) is 7.05. The molecule has 0 N–H and O–H groups in total. The van der Waals surface area contributed by atoms with Crippen molar-refractivity contribution < 1.29 is 9.53 Å². The number of pyridine rings is 1. The van der Waals surface area contributed by atoms with Crippen LogP contribution in [0.25, 0.3) is 17.1 Å². The van der Waals surface area contributed by atoms with Crippen LogP contribution in [0.1, 0.15) is 34.7 Å². The van der Waals surface area contributed by atoms with Crippen molar-refractivity contribution in [3.05, 3.63) is 77.9 Å². The Balaban J connectivity index is 1.61. The fourth-order valence-electron chi connectivity index (χ4n) is 4.12. The Hall–Kier alpha value is -3.23. The van der Waals surface area contributed by atoms with E-state index < -0.39 is 0 Å². The van der Waals surface area contributed by atoms with Gasteiger partial charge in [-0.05, 0) is 51.1 Å². The molecule has 1 atom stereocenters. The molecule has 0 saturated heterocycles.